The zero-order chi connectivity index (χ0) is 21.1. The van der Waals surface area contributed by atoms with E-state index >= 15 is 0 Å². The molecule has 0 saturated heterocycles. The lowest BCUT2D eigenvalue weighted by Crippen LogP contribution is -2.39. The maximum absolute atomic E-state index is 10.6. The van der Waals surface area contributed by atoms with Crippen molar-refractivity contribution in [3.05, 3.63) is 40.6 Å². The van der Waals surface area contributed by atoms with Gasteiger partial charge in [0.1, 0.15) is 22.8 Å². The Balaban J connectivity index is 0.00000450. The maximum Gasteiger partial charge on any atom is 0.191 e. The summed E-state index contributed by atoms with van der Waals surface area (Å²) in [6, 6.07) is 9.31. The van der Waals surface area contributed by atoms with E-state index in [0.717, 1.165) is 17.8 Å². The fourth-order valence-corrected chi connectivity index (χ4v) is 3.35. The maximum atomic E-state index is 10.6. The molecule has 0 spiro atoms. The molecule has 0 fully saturated rings. The summed E-state index contributed by atoms with van der Waals surface area (Å²) >= 11 is 1.53. The van der Waals surface area contributed by atoms with Crippen LogP contribution in [0.2, 0.25) is 0 Å². The molecule has 0 aliphatic rings. The summed E-state index contributed by atoms with van der Waals surface area (Å²) in [4.78, 5) is 5.42. The van der Waals surface area contributed by atoms with Gasteiger partial charge >= 0.3 is 0 Å². The molecule has 3 N–H and O–H groups in total. The van der Waals surface area contributed by atoms with Gasteiger partial charge in [0.2, 0.25) is 0 Å². The number of halogens is 1. The minimum Gasteiger partial charge on any atom is -0.496 e. The molecule has 168 valence electrons. The van der Waals surface area contributed by atoms with Crippen LogP contribution in [0.5, 0.6) is 17.2 Å². The third-order valence-corrected chi connectivity index (χ3v) is 5.27. The molecule has 2 aromatic rings. The number of aliphatic hydroxyl groups is 1. The predicted octanol–water partition coefficient (Wildman–Crippen LogP) is 3.62. The Kier molecular flexibility index (Phi) is 11.9. The molecule has 1 aromatic carbocycles. The van der Waals surface area contributed by atoms with Crippen molar-refractivity contribution < 1.29 is 19.3 Å². The number of hydrogen-bond donors (Lipinski definition) is 3. The van der Waals surface area contributed by atoms with Crippen molar-refractivity contribution in [3.63, 3.8) is 0 Å². The van der Waals surface area contributed by atoms with E-state index in [4.69, 9.17) is 14.2 Å². The summed E-state index contributed by atoms with van der Waals surface area (Å²) in [5.41, 5.74) is -0.981. The second kappa shape index (κ2) is 13.6. The largest absolute Gasteiger partial charge is 0.496 e. The number of guanidine groups is 1. The van der Waals surface area contributed by atoms with Crippen LogP contribution in [0.25, 0.3) is 0 Å². The Morgan fingerprint density at radius 2 is 1.80 bits per heavy atom. The molecule has 0 aliphatic heterocycles. The number of methoxy groups -OCH3 is 2. The van der Waals surface area contributed by atoms with Gasteiger partial charge in [-0.05, 0) is 31.7 Å². The highest BCUT2D eigenvalue weighted by molar-refractivity contribution is 14.0. The molecule has 30 heavy (non-hydrogen) atoms. The molecular weight excluding hydrogens is 517 g/mol. The highest BCUT2D eigenvalue weighted by Gasteiger charge is 2.23. The number of benzene rings is 1. The number of rotatable bonds is 11. The Morgan fingerprint density at radius 3 is 2.37 bits per heavy atom. The van der Waals surface area contributed by atoms with E-state index in [1.165, 1.54) is 11.3 Å². The highest BCUT2D eigenvalue weighted by atomic mass is 127. The molecule has 0 saturated carbocycles. The molecule has 1 heterocycles. The monoisotopic (exact) mass is 549 g/mol. The van der Waals surface area contributed by atoms with Crippen LogP contribution in [-0.4, -0.2) is 51.5 Å². The quantitative estimate of drug-likeness (QED) is 0.172. The van der Waals surface area contributed by atoms with Gasteiger partial charge in [-0.1, -0.05) is 6.07 Å². The highest BCUT2D eigenvalue weighted by Crippen LogP contribution is 2.27. The third-order valence-electron chi connectivity index (χ3n) is 4.15. The van der Waals surface area contributed by atoms with Crippen LogP contribution < -0.4 is 24.8 Å². The van der Waals surface area contributed by atoms with Crippen LogP contribution >= 0.6 is 35.3 Å². The molecule has 1 unspecified atom stereocenters. The summed E-state index contributed by atoms with van der Waals surface area (Å²) in [6.07, 6.45) is 0.783. The average Bonchev–Trinajstić information content (AvgIpc) is 3.27. The topological polar surface area (TPSA) is 84.3 Å². The first-order chi connectivity index (χ1) is 14.0. The lowest BCUT2D eigenvalue weighted by Gasteiger charge is -2.20. The number of thiophene rings is 1. The Bertz CT molecular complexity index is 747. The van der Waals surface area contributed by atoms with Crippen molar-refractivity contribution >= 4 is 41.3 Å². The zero-order valence-corrected chi connectivity index (χ0v) is 21.1. The van der Waals surface area contributed by atoms with Gasteiger partial charge in [0, 0.05) is 36.2 Å². The fourth-order valence-electron chi connectivity index (χ4n) is 2.57. The van der Waals surface area contributed by atoms with Crippen molar-refractivity contribution in [2.45, 2.75) is 25.9 Å². The van der Waals surface area contributed by atoms with E-state index in [1.54, 1.807) is 27.2 Å². The molecule has 1 atom stereocenters. The molecule has 0 radical (unpaired) electrons. The van der Waals surface area contributed by atoms with Gasteiger partial charge in [-0.25, -0.2) is 4.99 Å². The molecule has 0 bridgehead atoms. The number of aliphatic imine (C=N–C) groups is 1. The molecule has 0 amide bonds. The summed E-state index contributed by atoms with van der Waals surface area (Å²) < 4.78 is 16.3. The van der Waals surface area contributed by atoms with Crippen molar-refractivity contribution in [2.75, 3.05) is 40.5 Å². The standard InChI is InChI=1S/C21H31N3O4S.HI/c1-5-22-20(24-15-21(2,25)19-8-6-11-29-19)23-9-7-10-28-18-13-16(26-3)12-17(14-18)27-4;/h6,8,11-14,25H,5,7,9-10,15H2,1-4H3,(H2,22,23,24);1H. The summed E-state index contributed by atoms with van der Waals surface area (Å²) in [6.45, 7) is 6.04. The number of hydrogen-bond acceptors (Lipinski definition) is 6. The van der Waals surface area contributed by atoms with Gasteiger partial charge in [-0.2, -0.15) is 0 Å². The van der Waals surface area contributed by atoms with E-state index in [9.17, 15) is 5.11 Å². The first kappa shape index (κ1) is 26.3. The third kappa shape index (κ3) is 8.57. The van der Waals surface area contributed by atoms with Crippen molar-refractivity contribution in [2.24, 2.45) is 4.99 Å². The lowest BCUT2D eigenvalue weighted by atomic mass is 10.1. The normalized spacial score (nSPS) is 13.0. The first-order valence-electron chi connectivity index (χ1n) is 9.63. The average molecular weight is 549 g/mol. The first-order valence-corrected chi connectivity index (χ1v) is 10.5. The molecule has 7 nitrogen and oxygen atoms in total. The van der Waals surface area contributed by atoms with Crippen molar-refractivity contribution in [1.82, 2.24) is 10.6 Å². The van der Waals surface area contributed by atoms with Gasteiger partial charge in [-0.3, -0.25) is 0 Å². The molecule has 0 aliphatic carbocycles. The van der Waals surface area contributed by atoms with Gasteiger partial charge < -0.3 is 30.0 Å². The van der Waals surface area contributed by atoms with Crippen LogP contribution in [-0.2, 0) is 5.60 Å². The number of ether oxygens (including phenoxy) is 3. The summed E-state index contributed by atoms with van der Waals surface area (Å²) in [5, 5.41) is 19.0. The minimum atomic E-state index is -0.981. The summed E-state index contributed by atoms with van der Waals surface area (Å²) in [7, 11) is 3.22. The van der Waals surface area contributed by atoms with E-state index < -0.39 is 5.60 Å². The fraction of sp³-hybridized carbons (Fsp3) is 0.476. The van der Waals surface area contributed by atoms with Crippen LogP contribution in [0.1, 0.15) is 25.1 Å². The Hall–Kier alpha value is -1.72. The van der Waals surface area contributed by atoms with E-state index in [2.05, 4.69) is 15.6 Å². The van der Waals surface area contributed by atoms with Crippen LogP contribution in [0.3, 0.4) is 0 Å². The SMILES string of the molecule is CCNC(=NCC(C)(O)c1cccs1)NCCCOc1cc(OC)cc(OC)c1.I. The van der Waals surface area contributed by atoms with Crippen molar-refractivity contribution in [3.8, 4) is 17.2 Å². The Labute approximate surface area is 199 Å². The van der Waals surface area contributed by atoms with Gasteiger partial charge in [0.15, 0.2) is 5.96 Å². The molecule has 2 rings (SSSR count). The Morgan fingerprint density at radius 1 is 1.13 bits per heavy atom. The minimum absolute atomic E-state index is 0. The van der Waals surface area contributed by atoms with Crippen molar-refractivity contribution in [1.29, 1.82) is 0 Å². The van der Waals surface area contributed by atoms with Crippen LogP contribution in [0, 0.1) is 0 Å². The molecule has 9 heteroatoms. The second-order valence-corrected chi connectivity index (χ2v) is 7.57. The smallest absolute Gasteiger partial charge is 0.191 e. The predicted molar refractivity (Wildman–Crippen MR) is 133 cm³/mol. The van der Waals surface area contributed by atoms with Gasteiger partial charge in [-0.15, -0.1) is 35.3 Å². The van der Waals surface area contributed by atoms with Gasteiger partial charge in [0.25, 0.3) is 0 Å². The van der Waals surface area contributed by atoms with E-state index in [-0.39, 0.29) is 30.5 Å². The number of nitrogens with one attached hydrogen (secondary N) is 2. The van der Waals surface area contributed by atoms with Gasteiger partial charge in [0.05, 0.1) is 27.4 Å². The van der Waals surface area contributed by atoms with E-state index in [0.29, 0.717) is 36.4 Å². The van der Waals surface area contributed by atoms with E-state index in [1.807, 2.05) is 36.6 Å². The molecular formula is C21H32IN3O4S. The summed E-state index contributed by atoms with van der Waals surface area (Å²) in [5.74, 6) is 2.76. The number of nitrogens with zero attached hydrogens (tertiary/aromatic N) is 1. The zero-order valence-electron chi connectivity index (χ0n) is 17.9. The van der Waals surface area contributed by atoms with Crippen LogP contribution in [0.15, 0.2) is 40.7 Å². The molecule has 1 aromatic heterocycles. The lowest BCUT2D eigenvalue weighted by molar-refractivity contribution is 0.0711. The second-order valence-electron chi connectivity index (χ2n) is 6.62. The van der Waals surface area contributed by atoms with Crippen LogP contribution in [0.4, 0.5) is 0 Å².